The van der Waals surface area contributed by atoms with Crippen molar-refractivity contribution in [1.82, 2.24) is 0 Å². The number of benzene rings is 1. The van der Waals surface area contributed by atoms with Crippen LogP contribution in [-0.2, 0) is 14.4 Å². The van der Waals surface area contributed by atoms with Gasteiger partial charge >= 0.3 is 0 Å². The molecule has 0 fully saturated rings. The number of carbonyl (C=O) groups excluding carboxylic acids is 3. The first-order valence-corrected chi connectivity index (χ1v) is 14.2. The van der Waals surface area contributed by atoms with E-state index in [-0.39, 0.29) is 64.7 Å². The van der Waals surface area contributed by atoms with Crippen molar-refractivity contribution in [1.29, 1.82) is 0 Å². The molecule has 0 aliphatic heterocycles. The molecule has 0 aromatic heterocycles. The third-order valence-corrected chi connectivity index (χ3v) is 8.91. The number of fused-ring (bicyclic) bond motifs is 1. The minimum Gasteiger partial charge on any atom is -0.299 e. The first kappa shape index (κ1) is 30.9. The Labute approximate surface area is 226 Å². The molecule has 0 spiro atoms. The summed E-state index contributed by atoms with van der Waals surface area (Å²) in [6.07, 6.45) is 5.31. The highest BCUT2D eigenvalue weighted by Crippen LogP contribution is 2.50. The summed E-state index contributed by atoms with van der Waals surface area (Å²) < 4.78 is 0. The maximum atomic E-state index is 13.9. The Balaban J connectivity index is 2.33. The van der Waals surface area contributed by atoms with E-state index in [1.807, 2.05) is 33.8 Å². The van der Waals surface area contributed by atoms with Gasteiger partial charge in [-0.3, -0.25) is 14.4 Å². The highest BCUT2D eigenvalue weighted by Gasteiger charge is 2.42. The van der Waals surface area contributed by atoms with Crippen LogP contribution >= 0.6 is 0 Å². The molecule has 1 aromatic rings. The van der Waals surface area contributed by atoms with Crippen LogP contribution in [0.25, 0.3) is 5.57 Å². The number of rotatable bonds is 13. The van der Waals surface area contributed by atoms with Crippen LogP contribution in [0.4, 0.5) is 0 Å². The number of Topliss-reactive ketones (excluding diaryl/α,β-unsaturated/α-hetero) is 3. The second kappa shape index (κ2) is 12.5. The van der Waals surface area contributed by atoms with E-state index >= 15 is 0 Å². The van der Waals surface area contributed by atoms with Gasteiger partial charge < -0.3 is 0 Å². The van der Waals surface area contributed by atoms with Gasteiger partial charge in [-0.2, -0.15) is 0 Å². The summed E-state index contributed by atoms with van der Waals surface area (Å²) in [5.41, 5.74) is 4.20. The van der Waals surface area contributed by atoms with E-state index in [1.54, 1.807) is 6.92 Å². The van der Waals surface area contributed by atoms with Gasteiger partial charge in [-0.1, -0.05) is 98.7 Å². The summed E-state index contributed by atoms with van der Waals surface area (Å²) in [4.78, 5) is 39.7. The number of carbonyl (C=O) groups is 3. The van der Waals surface area contributed by atoms with Gasteiger partial charge in [0.25, 0.3) is 0 Å². The minimum absolute atomic E-state index is 0.0333. The van der Waals surface area contributed by atoms with Gasteiger partial charge in [-0.25, -0.2) is 0 Å². The van der Waals surface area contributed by atoms with Gasteiger partial charge in [0, 0.05) is 30.1 Å². The third kappa shape index (κ3) is 6.78. The molecule has 0 bridgehead atoms. The van der Waals surface area contributed by atoms with Crippen LogP contribution in [0.15, 0.2) is 42.0 Å². The Hall–Kier alpha value is -2.29. The molecule has 0 heterocycles. The highest BCUT2D eigenvalue weighted by atomic mass is 16.1. The third-order valence-electron chi connectivity index (χ3n) is 8.91. The molecular weight excluding hydrogens is 456 g/mol. The van der Waals surface area contributed by atoms with Crippen molar-refractivity contribution in [2.75, 3.05) is 0 Å². The monoisotopic (exact) mass is 506 g/mol. The minimum atomic E-state index is -0.330. The van der Waals surface area contributed by atoms with Gasteiger partial charge in [0.05, 0.1) is 0 Å². The van der Waals surface area contributed by atoms with Crippen molar-refractivity contribution < 1.29 is 14.4 Å². The normalized spacial score (nSPS) is 19.3. The molecule has 3 nitrogen and oxygen atoms in total. The molecule has 0 amide bonds. The average molecular weight is 507 g/mol. The zero-order chi connectivity index (χ0) is 28.2. The largest absolute Gasteiger partial charge is 0.299 e. The average Bonchev–Trinajstić information content (AvgIpc) is 3.17. The van der Waals surface area contributed by atoms with Crippen molar-refractivity contribution >= 4 is 22.9 Å². The van der Waals surface area contributed by atoms with Crippen LogP contribution in [0.1, 0.15) is 106 Å². The molecule has 0 saturated heterocycles. The molecular formula is C34H50O3. The van der Waals surface area contributed by atoms with Gasteiger partial charge in [-0.05, 0) is 65.7 Å². The van der Waals surface area contributed by atoms with Crippen LogP contribution in [0.3, 0.4) is 0 Å². The van der Waals surface area contributed by atoms with E-state index in [0.717, 1.165) is 6.42 Å². The second-order valence-corrected chi connectivity index (χ2v) is 12.6. The predicted octanol–water partition coefficient (Wildman–Crippen LogP) is 8.48. The fourth-order valence-electron chi connectivity index (χ4n) is 6.33. The lowest BCUT2D eigenvalue weighted by molar-refractivity contribution is -0.135. The molecule has 2 rings (SSSR count). The molecule has 37 heavy (non-hydrogen) atoms. The van der Waals surface area contributed by atoms with E-state index in [1.165, 1.54) is 16.7 Å². The molecule has 5 atom stereocenters. The summed E-state index contributed by atoms with van der Waals surface area (Å²) in [5, 5.41) is 0. The van der Waals surface area contributed by atoms with E-state index in [0.29, 0.717) is 11.5 Å². The topological polar surface area (TPSA) is 51.2 Å². The first-order chi connectivity index (χ1) is 17.1. The highest BCUT2D eigenvalue weighted by molar-refractivity contribution is 5.94. The standard InChI is InChI=1S/C34H50O3/c1-12-30(34(10,11)31-18-23(7)26-15-13-14-16-27(26)31)32(36)19-29(21(4)5)33(37)24(8)28(20(2)3)17-22(6)25(9)35/h13-18,20-21,23-24,28-30H,12,19H2,1-11H3/b22-17+. The molecule has 204 valence electrons. The summed E-state index contributed by atoms with van der Waals surface area (Å²) in [5.74, 6) is 0.190. The summed E-state index contributed by atoms with van der Waals surface area (Å²) >= 11 is 0. The SMILES string of the molecule is CCC(C(=O)CC(C(=O)C(C)C(/C=C(\C)C(C)=O)C(C)C)C(C)C)C(C)(C)C1=CC(C)c2ccccc21. The molecule has 0 N–H and O–H groups in total. The Morgan fingerprint density at radius 2 is 1.57 bits per heavy atom. The van der Waals surface area contributed by atoms with Crippen LogP contribution in [0.2, 0.25) is 0 Å². The van der Waals surface area contributed by atoms with Gasteiger partial charge in [0.1, 0.15) is 11.6 Å². The first-order valence-electron chi connectivity index (χ1n) is 14.2. The van der Waals surface area contributed by atoms with Gasteiger partial charge in [-0.15, -0.1) is 0 Å². The lowest BCUT2D eigenvalue weighted by Gasteiger charge is -2.36. The Morgan fingerprint density at radius 3 is 2.08 bits per heavy atom. The molecule has 1 aromatic carbocycles. The lowest BCUT2D eigenvalue weighted by Crippen LogP contribution is -2.37. The number of hydrogen-bond acceptors (Lipinski definition) is 3. The lowest BCUT2D eigenvalue weighted by atomic mass is 9.66. The molecule has 3 heteroatoms. The molecule has 1 aliphatic rings. The Bertz CT molecular complexity index is 1050. The maximum absolute atomic E-state index is 13.9. The van der Waals surface area contributed by atoms with E-state index < -0.39 is 0 Å². The number of ketones is 3. The van der Waals surface area contributed by atoms with Crippen molar-refractivity contribution in [3.05, 3.63) is 53.1 Å². The molecule has 5 unspecified atom stereocenters. The van der Waals surface area contributed by atoms with Crippen molar-refractivity contribution in [2.45, 2.75) is 94.9 Å². The zero-order valence-corrected chi connectivity index (χ0v) is 25.1. The Kier molecular flexibility index (Phi) is 10.5. The quantitative estimate of drug-likeness (QED) is 0.252. The van der Waals surface area contributed by atoms with Crippen LogP contribution < -0.4 is 0 Å². The number of allylic oxidation sites excluding steroid dienone is 4. The number of hydrogen-bond donors (Lipinski definition) is 0. The molecule has 0 saturated carbocycles. The fraction of sp³-hybridized carbons (Fsp3) is 0.618. The smallest absolute Gasteiger partial charge is 0.155 e. The predicted molar refractivity (Wildman–Crippen MR) is 155 cm³/mol. The molecule has 1 aliphatic carbocycles. The summed E-state index contributed by atoms with van der Waals surface area (Å²) in [6, 6.07) is 8.52. The fourth-order valence-corrected chi connectivity index (χ4v) is 6.33. The zero-order valence-electron chi connectivity index (χ0n) is 25.1. The second-order valence-electron chi connectivity index (χ2n) is 12.6. The van der Waals surface area contributed by atoms with Gasteiger partial charge in [0.2, 0.25) is 0 Å². The van der Waals surface area contributed by atoms with Crippen LogP contribution in [0, 0.1) is 40.9 Å². The van der Waals surface area contributed by atoms with Gasteiger partial charge in [0.15, 0.2) is 5.78 Å². The van der Waals surface area contributed by atoms with E-state index in [9.17, 15) is 14.4 Å². The Morgan fingerprint density at radius 1 is 0.973 bits per heavy atom. The van der Waals surface area contributed by atoms with E-state index in [2.05, 4.69) is 71.9 Å². The van der Waals surface area contributed by atoms with Crippen LogP contribution in [0.5, 0.6) is 0 Å². The summed E-state index contributed by atoms with van der Waals surface area (Å²) in [7, 11) is 0. The maximum Gasteiger partial charge on any atom is 0.155 e. The van der Waals surface area contributed by atoms with Crippen molar-refractivity contribution in [2.24, 2.45) is 40.9 Å². The van der Waals surface area contributed by atoms with Crippen molar-refractivity contribution in [3.63, 3.8) is 0 Å². The van der Waals surface area contributed by atoms with Crippen molar-refractivity contribution in [3.8, 4) is 0 Å². The summed E-state index contributed by atoms with van der Waals surface area (Å²) in [6.45, 7) is 22.3. The van der Waals surface area contributed by atoms with E-state index in [4.69, 9.17) is 0 Å². The van der Waals surface area contributed by atoms with Crippen LogP contribution in [-0.4, -0.2) is 17.3 Å². The molecule has 0 radical (unpaired) electrons.